The first-order chi connectivity index (χ1) is 24.9. The van der Waals surface area contributed by atoms with Crippen LogP contribution in [0.1, 0.15) is 36.1 Å². The first kappa shape index (κ1) is 33.4. The summed E-state index contributed by atoms with van der Waals surface area (Å²) in [5.74, 6) is 0.429. The molecule has 0 spiro atoms. The monoisotopic (exact) mass is 674 g/mol. The van der Waals surface area contributed by atoms with Crippen LogP contribution in [-0.2, 0) is 24.5 Å². The third-order valence-corrected chi connectivity index (χ3v) is 9.44. The molecule has 6 heteroatoms. The van der Waals surface area contributed by atoms with Crippen molar-refractivity contribution in [2.45, 2.75) is 31.5 Å². The van der Waals surface area contributed by atoms with E-state index in [1.807, 2.05) is 24.3 Å². The molecule has 7 rings (SSSR count). The van der Waals surface area contributed by atoms with Gasteiger partial charge in [0.25, 0.3) is 0 Å². The van der Waals surface area contributed by atoms with Crippen LogP contribution in [0.15, 0.2) is 147 Å². The van der Waals surface area contributed by atoms with Crippen molar-refractivity contribution >= 4 is 33.5 Å². The maximum absolute atomic E-state index is 11.8. The number of benzene rings is 6. The number of esters is 2. The average molecular weight is 675 g/mol. The van der Waals surface area contributed by atoms with E-state index in [0.29, 0.717) is 11.5 Å². The van der Waals surface area contributed by atoms with Crippen molar-refractivity contribution in [2.75, 3.05) is 13.2 Å². The summed E-state index contributed by atoms with van der Waals surface area (Å²) in [4.78, 5) is 23.6. The van der Waals surface area contributed by atoms with E-state index >= 15 is 0 Å². The van der Waals surface area contributed by atoms with Gasteiger partial charge in [-0.3, -0.25) is 0 Å². The largest absolute Gasteiger partial charge is 0.489 e. The number of ether oxygens (including phenoxy) is 4. The number of hydrogen-bond acceptors (Lipinski definition) is 6. The predicted octanol–water partition coefficient (Wildman–Crippen LogP) is 9.35. The smallest absolute Gasteiger partial charge is 0.330 e. The Morgan fingerprint density at radius 1 is 0.529 bits per heavy atom. The Kier molecular flexibility index (Phi) is 9.16. The summed E-state index contributed by atoms with van der Waals surface area (Å²) in [5, 5.41) is 3.98. The van der Waals surface area contributed by atoms with E-state index in [9.17, 15) is 9.59 Å². The fourth-order valence-electron chi connectivity index (χ4n) is 7.38. The molecule has 51 heavy (non-hydrogen) atoms. The highest BCUT2D eigenvalue weighted by atomic mass is 16.6. The number of carbonyl (C=O) groups excluding carboxylic acids is 2. The van der Waals surface area contributed by atoms with Crippen LogP contribution >= 0.6 is 0 Å². The zero-order chi connectivity index (χ0) is 35.5. The summed E-state index contributed by atoms with van der Waals surface area (Å²) >= 11 is 0. The lowest BCUT2D eigenvalue weighted by Crippen LogP contribution is -2.29. The van der Waals surface area contributed by atoms with Gasteiger partial charge >= 0.3 is 11.9 Å². The number of fused-ring (bicyclic) bond motifs is 5. The predicted molar refractivity (Wildman–Crippen MR) is 201 cm³/mol. The lowest BCUT2D eigenvalue weighted by Gasteiger charge is -2.36. The van der Waals surface area contributed by atoms with Crippen molar-refractivity contribution in [3.8, 4) is 22.6 Å². The second-order valence-electron chi connectivity index (χ2n) is 12.7. The van der Waals surface area contributed by atoms with E-state index in [1.54, 1.807) is 13.8 Å². The summed E-state index contributed by atoms with van der Waals surface area (Å²) in [5.41, 5.74) is 6.21. The molecule has 0 fully saturated rings. The fourth-order valence-corrected chi connectivity index (χ4v) is 7.38. The van der Waals surface area contributed by atoms with Gasteiger partial charge in [-0.25, -0.2) is 9.59 Å². The van der Waals surface area contributed by atoms with Crippen molar-refractivity contribution in [3.63, 3.8) is 0 Å². The second-order valence-corrected chi connectivity index (χ2v) is 12.7. The molecule has 0 heterocycles. The minimum atomic E-state index is -0.719. The molecule has 0 amide bonds. The van der Waals surface area contributed by atoms with Crippen LogP contribution in [0.25, 0.3) is 32.7 Å². The molecule has 0 saturated heterocycles. The second kappa shape index (κ2) is 14.0. The Bertz CT molecular complexity index is 2140. The molecule has 0 aromatic heterocycles. The van der Waals surface area contributed by atoms with E-state index in [4.69, 9.17) is 18.9 Å². The third kappa shape index (κ3) is 5.93. The molecule has 6 nitrogen and oxygen atoms in total. The summed E-state index contributed by atoms with van der Waals surface area (Å²) < 4.78 is 23.4. The molecule has 6 aromatic rings. The molecular weight excluding hydrogens is 636 g/mol. The highest BCUT2D eigenvalue weighted by molar-refractivity contribution is 6.01. The zero-order valence-corrected chi connectivity index (χ0v) is 28.6. The maximum Gasteiger partial charge on any atom is 0.330 e. The molecular formula is C45H38O6. The van der Waals surface area contributed by atoms with Crippen LogP contribution in [0.4, 0.5) is 0 Å². The van der Waals surface area contributed by atoms with Crippen molar-refractivity contribution in [1.29, 1.82) is 0 Å². The van der Waals surface area contributed by atoms with Gasteiger partial charge in [-0.15, -0.1) is 0 Å². The van der Waals surface area contributed by atoms with E-state index < -0.39 is 29.6 Å². The zero-order valence-electron chi connectivity index (χ0n) is 28.6. The lowest BCUT2D eigenvalue weighted by atomic mass is 9.65. The van der Waals surface area contributed by atoms with Crippen molar-refractivity contribution in [1.82, 2.24) is 0 Å². The number of carbonyl (C=O) groups is 2. The van der Waals surface area contributed by atoms with Crippen LogP contribution in [0, 0.1) is 0 Å². The molecule has 254 valence electrons. The summed E-state index contributed by atoms with van der Waals surface area (Å²) in [6.07, 6.45) is 1.39. The number of hydrogen-bond donors (Lipinski definition) is 0. The number of rotatable bonds is 12. The minimum Gasteiger partial charge on any atom is -0.489 e. The van der Waals surface area contributed by atoms with E-state index in [0.717, 1.165) is 44.8 Å². The van der Waals surface area contributed by atoms with Gasteiger partial charge in [0, 0.05) is 22.9 Å². The van der Waals surface area contributed by atoms with Gasteiger partial charge in [-0.05, 0) is 70.1 Å². The minimum absolute atomic E-state index is 0.192. The highest BCUT2D eigenvalue weighted by Gasteiger charge is 2.47. The Balaban J connectivity index is 1.44. The molecule has 2 atom stereocenters. The lowest BCUT2D eigenvalue weighted by molar-refractivity contribution is -0.144. The average Bonchev–Trinajstić information content (AvgIpc) is 3.46. The Hall–Kier alpha value is -6.14. The van der Waals surface area contributed by atoms with Gasteiger partial charge in [0.05, 0.1) is 5.41 Å². The van der Waals surface area contributed by atoms with Crippen molar-refractivity contribution < 1.29 is 28.5 Å². The van der Waals surface area contributed by atoms with Gasteiger partial charge in [-0.1, -0.05) is 122 Å². The maximum atomic E-state index is 11.8. The summed E-state index contributed by atoms with van der Waals surface area (Å²) in [7, 11) is 0. The fraction of sp³-hybridized carbons (Fsp3) is 0.156. The van der Waals surface area contributed by atoms with Gasteiger partial charge in [0.15, 0.2) is 0 Å². The molecule has 1 aliphatic carbocycles. The molecule has 0 aliphatic heterocycles. The van der Waals surface area contributed by atoms with E-state index in [-0.39, 0.29) is 13.2 Å². The molecule has 0 bridgehead atoms. The van der Waals surface area contributed by atoms with Gasteiger partial charge in [-0.2, -0.15) is 0 Å². The first-order valence-electron chi connectivity index (χ1n) is 17.0. The van der Waals surface area contributed by atoms with E-state index in [2.05, 4.69) is 110 Å². The topological polar surface area (TPSA) is 71.1 Å². The van der Waals surface area contributed by atoms with Crippen LogP contribution in [-0.4, -0.2) is 37.4 Å². The highest BCUT2D eigenvalue weighted by Crippen LogP contribution is 2.59. The first-order valence-corrected chi connectivity index (χ1v) is 17.0. The Labute approximate surface area is 297 Å². The third-order valence-electron chi connectivity index (χ3n) is 9.44. The van der Waals surface area contributed by atoms with Crippen LogP contribution in [0.3, 0.4) is 0 Å². The quantitative estimate of drug-likeness (QED) is 0.0951. The Morgan fingerprint density at radius 2 is 0.902 bits per heavy atom. The molecule has 6 aromatic carbocycles. The van der Waals surface area contributed by atoms with Gasteiger partial charge < -0.3 is 18.9 Å². The molecule has 2 unspecified atom stereocenters. The van der Waals surface area contributed by atoms with Crippen LogP contribution in [0.5, 0.6) is 11.5 Å². The molecule has 1 aliphatic rings. The van der Waals surface area contributed by atoms with Crippen molar-refractivity contribution in [3.05, 3.63) is 169 Å². The van der Waals surface area contributed by atoms with Gasteiger partial charge in [0.2, 0.25) is 0 Å². The van der Waals surface area contributed by atoms with E-state index in [1.165, 1.54) is 22.3 Å². The van der Waals surface area contributed by atoms with Gasteiger partial charge in [0.1, 0.15) is 36.9 Å². The Morgan fingerprint density at radius 3 is 1.31 bits per heavy atom. The van der Waals surface area contributed by atoms with Crippen LogP contribution in [0.2, 0.25) is 0 Å². The SMILES string of the molecule is C=CC(=O)OC(C)COc1ccc(C2(c3ccc(OCC(C)OC(=O)C=C)c4ccccc34)c3ccccc3-c3ccccc32)c2ccccc12. The normalized spacial score (nSPS) is 13.8. The molecule has 0 N–H and O–H groups in total. The summed E-state index contributed by atoms with van der Waals surface area (Å²) in [6.45, 7) is 11.0. The van der Waals surface area contributed by atoms with Crippen LogP contribution < -0.4 is 9.47 Å². The summed E-state index contributed by atoms with van der Waals surface area (Å²) in [6, 6.07) is 42.2. The molecule has 0 saturated carbocycles. The van der Waals surface area contributed by atoms with Crippen molar-refractivity contribution in [2.24, 2.45) is 0 Å². The molecule has 0 radical (unpaired) electrons. The standard InChI is InChI=1S/C45H38O6/c1-5-43(46)50-29(3)27-48-41-25-23-39(33-17-7-9-19-35(33)41)45(37-21-13-11-15-31(37)32-16-12-14-22-38(32)45)40-24-26-42(36-20-10-8-18-34(36)40)49-28-30(4)51-44(47)6-2/h5-26,29-30H,1-2,27-28H2,3-4H3.